The number of sulfonamides is 1. The number of nitrogens with one attached hydrogen (secondary N) is 1. The Bertz CT molecular complexity index is 1090. The van der Waals surface area contributed by atoms with Gasteiger partial charge in [0.15, 0.2) is 0 Å². The molecule has 0 amide bonds. The van der Waals surface area contributed by atoms with Gasteiger partial charge in [0.2, 0.25) is 15.9 Å². The van der Waals surface area contributed by atoms with Crippen LogP contribution in [-0.4, -0.2) is 45.0 Å². The van der Waals surface area contributed by atoms with E-state index in [0.717, 1.165) is 24.2 Å². The molecule has 0 aliphatic rings. The molecule has 2 aromatic carbocycles. The van der Waals surface area contributed by atoms with Crippen molar-refractivity contribution in [2.24, 2.45) is 0 Å². The monoisotopic (exact) mass is 471 g/mol. The van der Waals surface area contributed by atoms with Crippen LogP contribution in [0.1, 0.15) is 26.7 Å². The zero-order valence-electron chi connectivity index (χ0n) is 18.9. The first-order valence-corrected chi connectivity index (χ1v) is 12.4. The molecule has 9 heteroatoms. The molecule has 0 aliphatic heterocycles. The SMILES string of the molecule is CCCCOc1ccc(S(=O)(=O)NCCOc2ccc(-c3ccc(OCC)cc3)nn2)cc1. The third-order valence-corrected chi connectivity index (χ3v) is 6.12. The summed E-state index contributed by atoms with van der Waals surface area (Å²) in [7, 11) is -3.64. The lowest BCUT2D eigenvalue weighted by molar-refractivity contribution is 0.307. The lowest BCUT2D eigenvalue weighted by Gasteiger charge is -2.09. The van der Waals surface area contributed by atoms with E-state index in [2.05, 4.69) is 21.8 Å². The highest BCUT2D eigenvalue weighted by Gasteiger charge is 2.13. The van der Waals surface area contributed by atoms with Gasteiger partial charge in [0.1, 0.15) is 18.1 Å². The van der Waals surface area contributed by atoms with Gasteiger partial charge in [0.25, 0.3) is 0 Å². The van der Waals surface area contributed by atoms with Crippen molar-refractivity contribution >= 4 is 10.0 Å². The maximum Gasteiger partial charge on any atom is 0.240 e. The molecule has 33 heavy (non-hydrogen) atoms. The average molecular weight is 472 g/mol. The Morgan fingerprint density at radius 3 is 2.12 bits per heavy atom. The Hall–Kier alpha value is -3.17. The number of benzene rings is 2. The van der Waals surface area contributed by atoms with Gasteiger partial charge in [-0.1, -0.05) is 13.3 Å². The number of hydrogen-bond donors (Lipinski definition) is 1. The molecule has 3 rings (SSSR count). The van der Waals surface area contributed by atoms with Crippen molar-refractivity contribution in [3.8, 4) is 28.6 Å². The van der Waals surface area contributed by atoms with E-state index >= 15 is 0 Å². The Kier molecular flexibility index (Phi) is 9.03. The van der Waals surface area contributed by atoms with Gasteiger partial charge in [-0.3, -0.25) is 0 Å². The van der Waals surface area contributed by atoms with Crippen molar-refractivity contribution in [3.63, 3.8) is 0 Å². The van der Waals surface area contributed by atoms with Crippen molar-refractivity contribution in [3.05, 3.63) is 60.7 Å². The third-order valence-electron chi connectivity index (χ3n) is 4.65. The number of rotatable bonds is 13. The topological polar surface area (TPSA) is 99.6 Å². The van der Waals surface area contributed by atoms with Crippen molar-refractivity contribution in [1.29, 1.82) is 0 Å². The van der Waals surface area contributed by atoms with Crippen LogP contribution >= 0.6 is 0 Å². The molecule has 8 nitrogen and oxygen atoms in total. The molecule has 0 radical (unpaired) electrons. The van der Waals surface area contributed by atoms with Crippen LogP contribution in [0.25, 0.3) is 11.3 Å². The fourth-order valence-corrected chi connectivity index (χ4v) is 3.92. The summed E-state index contributed by atoms with van der Waals surface area (Å²) in [6.45, 7) is 5.46. The molecule has 1 heterocycles. The maximum absolute atomic E-state index is 12.4. The molecule has 1 aromatic heterocycles. The van der Waals surface area contributed by atoms with Gasteiger partial charge in [-0.25, -0.2) is 13.1 Å². The molecule has 0 unspecified atom stereocenters. The second-order valence-corrected chi connectivity index (χ2v) is 8.90. The zero-order chi connectivity index (χ0) is 23.5. The minimum absolute atomic E-state index is 0.0966. The summed E-state index contributed by atoms with van der Waals surface area (Å²) >= 11 is 0. The van der Waals surface area contributed by atoms with Crippen LogP contribution in [0.5, 0.6) is 17.4 Å². The molecule has 0 saturated heterocycles. The van der Waals surface area contributed by atoms with Crippen LogP contribution in [0.15, 0.2) is 65.6 Å². The summed E-state index contributed by atoms with van der Waals surface area (Å²) in [4.78, 5) is 0.171. The van der Waals surface area contributed by atoms with Gasteiger partial charge in [0.05, 0.1) is 23.8 Å². The smallest absolute Gasteiger partial charge is 0.240 e. The second kappa shape index (κ2) is 12.2. The normalized spacial score (nSPS) is 11.2. The predicted molar refractivity (Wildman–Crippen MR) is 126 cm³/mol. The number of hydrogen-bond acceptors (Lipinski definition) is 7. The summed E-state index contributed by atoms with van der Waals surface area (Å²) in [6.07, 6.45) is 1.99. The molecule has 3 aromatic rings. The number of nitrogens with zero attached hydrogens (tertiary/aromatic N) is 2. The van der Waals surface area contributed by atoms with Crippen molar-refractivity contribution < 1.29 is 22.6 Å². The molecule has 0 aliphatic carbocycles. The highest BCUT2D eigenvalue weighted by Crippen LogP contribution is 2.21. The van der Waals surface area contributed by atoms with Crippen LogP contribution in [0.4, 0.5) is 0 Å². The highest BCUT2D eigenvalue weighted by molar-refractivity contribution is 7.89. The Morgan fingerprint density at radius 1 is 0.788 bits per heavy atom. The van der Waals surface area contributed by atoms with E-state index in [4.69, 9.17) is 14.2 Å². The number of aromatic nitrogens is 2. The van der Waals surface area contributed by atoms with E-state index in [1.165, 1.54) is 12.1 Å². The van der Waals surface area contributed by atoms with Crippen molar-refractivity contribution in [2.75, 3.05) is 26.4 Å². The van der Waals surface area contributed by atoms with Gasteiger partial charge >= 0.3 is 0 Å². The van der Waals surface area contributed by atoms with E-state index in [0.29, 0.717) is 30.5 Å². The minimum Gasteiger partial charge on any atom is -0.494 e. The molecular formula is C24H29N3O5S. The third kappa shape index (κ3) is 7.44. The predicted octanol–water partition coefficient (Wildman–Crippen LogP) is 4.08. The molecule has 176 valence electrons. The van der Waals surface area contributed by atoms with Gasteiger partial charge < -0.3 is 14.2 Å². The van der Waals surface area contributed by atoms with Crippen LogP contribution < -0.4 is 18.9 Å². The summed E-state index contributed by atoms with van der Waals surface area (Å²) in [5.41, 5.74) is 1.61. The van der Waals surface area contributed by atoms with E-state index in [1.54, 1.807) is 24.3 Å². The minimum atomic E-state index is -3.64. The quantitative estimate of drug-likeness (QED) is 0.375. The summed E-state index contributed by atoms with van der Waals surface area (Å²) in [6, 6.07) is 17.4. The molecular weight excluding hydrogens is 442 g/mol. The standard InChI is InChI=1S/C24H29N3O5S/c1-3-5-17-31-21-10-12-22(13-11-21)33(28,29)25-16-18-32-24-15-14-23(26-27-24)19-6-8-20(9-7-19)30-4-2/h6-15,25H,3-5,16-18H2,1-2H3. The average Bonchev–Trinajstić information content (AvgIpc) is 2.84. The Morgan fingerprint density at radius 2 is 1.48 bits per heavy atom. The summed E-state index contributed by atoms with van der Waals surface area (Å²) in [5, 5.41) is 8.22. The van der Waals surface area contributed by atoms with Gasteiger partial charge in [-0.05, 0) is 67.9 Å². The summed E-state index contributed by atoms with van der Waals surface area (Å²) < 4.78 is 43.9. The lowest BCUT2D eigenvalue weighted by Crippen LogP contribution is -2.28. The zero-order valence-corrected chi connectivity index (χ0v) is 19.7. The summed E-state index contributed by atoms with van der Waals surface area (Å²) in [5.74, 6) is 1.77. The fourth-order valence-electron chi connectivity index (χ4n) is 2.90. The molecule has 0 spiro atoms. The largest absolute Gasteiger partial charge is 0.494 e. The molecule has 0 fully saturated rings. The van der Waals surface area contributed by atoms with Gasteiger partial charge in [-0.2, -0.15) is 0 Å². The van der Waals surface area contributed by atoms with Crippen LogP contribution in [0.2, 0.25) is 0 Å². The maximum atomic E-state index is 12.4. The highest BCUT2D eigenvalue weighted by atomic mass is 32.2. The molecule has 0 saturated carbocycles. The van der Waals surface area contributed by atoms with E-state index in [1.807, 2.05) is 31.2 Å². The Labute approximate surface area is 195 Å². The van der Waals surface area contributed by atoms with Crippen molar-refractivity contribution in [2.45, 2.75) is 31.6 Å². The van der Waals surface area contributed by atoms with E-state index in [9.17, 15) is 8.42 Å². The van der Waals surface area contributed by atoms with Crippen molar-refractivity contribution in [1.82, 2.24) is 14.9 Å². The Balaban J connectivity index is 1.46. The van der Waals surface area contributed by atoms with Gasteiger partial charge in [-0.15, -0.1) is 10.2 Å². The first-order valence-electron chi connectivity index (χ1n) is 10.9. The molecule has 1 N–H and O–H groups in total. The van der Waals surface area contributed by atoms with E-state index in [-0.39, 0.29) is 18.0 Å². The number of unbranched alkanes of at least 4 members (excludes halogenated alkanes) is 1. The first kappa shape index (κ1) is 24.5. The molecule has 0 bridgehead atoms. The van der Waals surface area contributed by atoms with Gasteiger partial charge in [0, 0.05) is 18.2 Å². The second-order valence-electron chi connectivity index (χ2n) is 7.13. The first-order chi connectivity index (χ1) is 16.0. The van der Waals surface area contributed by atoms with Crippen LogP contribution in [0, 0.1) is 0 Å². The number of ether oxygens (including phenoxy) is 3. The van der Waals surface area contributed by atoms with E-state index < -0.39 is 10.0 Å². The fraction of sp³-hybridized carbons (Fsp3) is 0.333. The van der Waals surface area contributed by atoms with Crippen LogP contribution in [0.3, 0.4) is 0 Å². The lowest BCUT2D eigenvalue weighted by atomic mass is 10.1. The molecule has 0 atom stereocenters. The van der Waals surface area contributed by atoms with Crippen LogP contribution in [-0.2, 0) is 10.0 Å².